The van der Waals surface area contributed by atoms with Crippen LogP contribution in [0.3, 0.4) is 0 Å². The molecule has 0 unspecified atom stereocenters. The molecule has 1 nitrogen and oxygen atoms in total. The summed E-state index contributed by atoms with van der Waals surface area (Å²) in [4.78, 5) is 3.78. The number of rotatable bonds is 5. The molecule has 0 bridgehead atoms. The van der Waals surface area contributed by atoms with Gasteiger partial charge in [0.25, 0.3) is 0 Å². The summed E-state index contributed by atoms with van der Waals surface area (Å²) < 4.78 is 0. The summed E-state index contributed by atoms with van der Waals surface area (Å²) in [5.41, 5.74) is 0. The van der Waals surface area contributed by atoms with Gasteiger partial charge in [0, 0.05) is 0 Å². The summed E-state index contributed by atoms with van der Waals surface area (Å²) in [6, 6.07) is 2.10. The average Bonchev–Trinajstić information content (AvgIpc) is 2.00. The molecule has 0 saturated heterocycles. The van der Waals surface area contributed by atoms with E-state index in [1.54, 1.807) is 0 Å². The SMILES string of the molecule is CCC(CC)N[Si](C)(C)CC. The Morgan fingerprint density at radius 2 is 1.55 bits per heavy atom. The maximum atomic E-state index is 3.78. The molecule has 0 atom stereocenters. The van der Waals surface area contributed by atoms with Crippen molar-refractivity contribution in [1.82, 2.24) is 4.98 Å². The van der Waals surface area contributed by atoms with Crippen LogP contribution < -0.4 is 4.98 Å². The number of hydrogen-bond acceptors (Lipinski definition) is 1. The predicted molar refractivity (Wildman–Crippen MR) is 55.5 cm³/mol. The summed E-state index contributed by atoms with van der Waals surface area (Å²) in [5, 5.41) is 0. The van der Waals surface area contributed by atoms with E-state index in [2.05, 4.69) is 38.8 Å². The molecule has 11 heavy (non-hydrogen) atoms. The first kappa shape index (κ1) is 11.2. The van der Waals surface area contributed by atoms with E-state index in [0.29, 0.717) is 0 Å². The van der Waals surface area contributed by atoms with Crippen molar-refractivity contribution in [3.8, 4) is 0 Å². The average molecular weight is 173 g/mol. The van der Waals surface area contributed by atoms with E-state index in [9.17, 15) is 0 Å². The third-order valence-corrected chi connectivity index (χ3v) is 5.42. The first-order valence-electron chi connectivity index (χ1n) is 4.83. The lowest BCUT2D eigenvalue weighted by atomic mass is 10.2. The van der Waals surface area contributed by atoms with Gasteiger partial charge in [-0.2, -0.15) is 0 Å². The smallest absolute Gasteiger partial charge is 0.119 e. The second-order valence-electron chi connectivity index (χ2n) is 3.90. The maximum Gasteiger partial charge on any atom is 0.119 e. The van der Waals surface area contributed by atoms with Crippen LogP contribution in [0.2, 0.25) is 19.1 Å². The molecule has 0 aliphatic carbocycles. The van der Waals surface area contributed by atoms with Crippen molar-refractivity contribution in [2.75, 3.05) is 0 Å². The second kappa shape index (κ2) is 4.94. The molecule has 0 fully saturated rings. The molecule has 1 N–H and O–H groups in total. The molecule has 0 rings (SSSR count). The third kappa shape index (κ3) is 4.59. The highest BCUT2D eigenvalue weighted by Gasteiger charge is 2.20. The van der Waals surface area contributed by atoms with Crippen molar-refractivity contribution in [1.29, 1.82) is 0 Å². The van der Waals surface area contributed by atoms with Gasteiger partial charge in [0.1, 0.15) is 8.24 Å². The molecule has 0 aliphatic rings. The molecule has 0 aromatic rings. The number of nitrogens with one attached hydrogen (secondary N) is 1. The monoisotopic (exact) mass is 173 g/mol. The molecule has 68 valence electrons. The zero-order valence-corrected chi connectivity index (χ0v) is 9.70. The third-order valence-electron chi connectivity index (χ3n) is 2.46. The largest absolute Gasteiger partial charge is 0.335 e. The van der Waals surface area contributed by atoms with Crippen molar-refractivity contribution in [2.24, 2.45) is 0 Å². The van der Waals surface area contributed by atoms with Gasteiger partial charge < -0.3 is 4.98 Å². The summed E-state index contributed by atoms with van der Waals surface area (Å²) in [6.45, 7) is 11.6. The normalized spacial score (nSPS) is 12.5. The Morgan fingerprint density at radius 1 is 1.09 bits per heavy atom. The van der Waals surface area contributed by atoms with Gasteiger partial charge in [-0.15, -0.1) is 0 Å². The molecule has 2 heteroatoms. The Balaban J connectivity index is 3.79. The fourth-order valence-electron chi connectivity index (χ4n) is 1.15. The van der Waals surface area contributed by atoms with Crippen molar-refractivity contribution in [2.45, 2.75) is 58.8 Å². The van der Waals surface area contributed by atoms with Crippen LogP contribution in [0.1, 0.15) is 33.6 Å². The molecule has 0 aliphatic heterocycles. The van der Waals surface area contributed by atoms with Crippen LogP contribution in [-0.4, -0.2) is 14.3 Å². The Kier molecular flexibility index (Phi) is 5.02. The second-order valence-corrected chi connectivity index (χ2v) is 8.66. The Labute approximate surface area is 72.7 Å². The lowest BCUT2D eigenvalue weighted by Crippen LogP contribution is -2.49. The molecule has 0 heterocycles. The van der Waals surface area contributed by atoms with Crippen LogP contribution >= 0.6 is 0 Å². The Morgan fingerprint density at radius 3 is 1.82 bits per heavy atom. The molecule has 0 spiro atoms. The first-order valence-corrected chi connectivity index (χ1v) is 8.04. The summed E-state index contributed by atoms with van der Waals surface area (Å²) in [5.74, 6) is 0. The molecule has 0 radical (unpaired) electrons. The lowest BCUT2D eigenvalue weighted by molar-refractivity contribution is 0.569. The van der Waals surface area contributed by atoms with Gasteiger partial charge in [0.05, 0.1) is 0 Å². The van der Waals surface area contributed by atoms with Crippen molar-refractivity contribution < 1.29 is 0 Å². The van der Waals surface area contributed by atoms with Gasteiger partial charge in [-0.1, -0.05) is 33.9 Å². The number of hydrogen-bond donors (Lipinski definition) is 1. The molecular weight excluding hydrogens is 150 g/mol. The van der Waals surface area contributed by atoms with E-state index in [-0.39, 0.29) is 0 Å². The Bertz CT molecular complexity index is 97.7. The van der Waals surface area contributed by atoms with Gasteiger partial charge in [0.15, 0.2) is 0 Å². The van der Waals surface area contributed by atoms with Crippen LogP contribution in [0.4, 0.5) is 0 Å². The van der Waals surface area contributed by atoms with Crippen molar-refractivity contribution in [3.05, 3.63) is 0 Å². The first-order chi connectivity index (χ1) is 5.05. The van der Waals surface area contributed by atoms with Crippen molar-refractivity contribution >= 4 is 8.24 Å². The maximum absolute atomic E-state index is 3.78. The highest BCUT2D eigenvalue weighted by Crippen LogP contribution is 2.08. The van der Waals surface area contributed by atoms with Gasteiger partial charge in [0.2, 0.25) is 0 Å². The quantitative estimate of drug-likeness (QED) is 0.630. The highest BCUT2D eigenvalue weighted by atomic mass is 28.3. The van der Waals surface area contributed by atoms with Gasteiger partial charge in [-0.25, -0.2) is 0 Å². The van der Waals surface area contributed by atoms with Gasteiger partial charge >= 0.3 is 0 Å². The van der Waals surface area contributed by atoms with E-state index in [0.717, 1.165) is 6.04 Å². The van der Waals surface area contributed by atoms with Gasteiger partial charge in [-0.05, 0) is 24.9 Å². The fourth-order valence-corrected chi connectivity index (χ4v) is 2.86. The highest BCUT2D eigenvalue weighted by molar-refractivity contribution is 6.74. The Hall–Kier alpha value is 0.177. The zero-order chi connectivity index (χ0) is 8.91. The van der Waals surface area contributed by atoms with Crippen molar-refractivity contribution in [3.63, 3.8) is 0 Å². The van der Waals surface area contributed by atoms with Crippen LogP contribution in [0.15, 0.2) is 0 Å². The summed E-state index contributed by atoms with van der Waals surface area (Å²) in [7, 11) is -1.03. The summed E-state index contributed by atoms with van der Waals surface area (Å²) in [6.07, 6.45) is 2.54. The zero-order valence-electron chi connectivity index (χ0n) is 8.70. The van der Waals surface area contributed by atoms with Crippen LogP contribution in [0.5, 0.6) is 0 Å². The van der Waals surface area contributed by atoms with E-state index in [1.165, 1.54) is 18.9 Å². The lowest BCUT2D eigenvalue weighted by Gasteiger charge is -2.27. The van der Waals surface area contributed by atoms with E-state index in [1.807, 2.05) is 0 Å². The minimum Gasteiger partial charge on any atom is -0.335 e. The molecule has 0 saturated carbocycles. The minimum absolute atomic E-state index is 0.761. The van der Waals surface area contributed by atoms with Crippen LogP contribution in [-0.2, 0) is 0 Å². The van der Waals surface area contributed by atoms with Crippen LogP contribution in [0.25, 0.3) is 0 Å². The topological polar surface area (TPSA) is 12.0 Å². The fraction of sp³-hybridized carbons (Fsp3) is 1.00. The standard InChI is InChI=1S/C9H23NSi/c1-6-9(7-2)10-11(4,5)8-3/h9-10H,6-8H2,1-5H3. The summed E-state index contributed by atoms with van der Waals surface area (Å²) >= 11 is 0. The predicted octanol–water partition coefficient (Wildman–Crippen LogP) is 2.99. The van der Waals surface area contributed by atoms with E-state index in [4.69, 9.17) is 0 Å². The molecular formula is C9H23NSi. The van der Waals surface area contributed by atoms with Crippen LogP contribution in [0, 0.1) is 0 Å². The molecule has 0 aromatic carbocycles. The van der Waals surface area contributed by atoms with Gasteiger partial charge in [-0.3, -0.25) is 0 Å². The minimum atomic E-state index is -1.03. The van der Waals surface area contributed by atoms with E-state index >= 15 is 0 Å². The molecule has 0 aromatic heterocycles. The molecule has 0 amide bonds. The van der Waals surface area contributed by atoms with E-state index < -0.39 is 8.24 Å².